The second-order valence-electron chi connectivity index (χ2n) is 3.63. The van der Waals surface area contributed by atoms with Gasteiger partial charge >= 0.3 is 0 Å². The number of nitro benzene ring substituents is 1. The number of benzene rings is 1. The van der Waals surface area contributed by atoms with E-state index in [0.29, 0.717) is 12.2 Å². The molecule has 0 radical (unpaired) electrons. The fourth-order valence-electron chi connectivity index (χ4n) is 1.44. The number of hydrogen-bond acceptors (Lipinski definition) is 4. The van der Waals surface area contributed by atoms with Crippen molar-refractivity contribution in [2.75, 3.05) is 18.5 Å². The monoisotopic (exact) mass is 350 g/mol. The standard InChI is InChI=1S/C11H15IN2O3/c12-9-4-5-10(11(8-9)14(16)17)13-6-2-1-3-7-15/h4-5,8,13,15H,1-3,6-7H2. The number of nitrogens with zero attached hydrogens (tertiary/aromatic N) is 1. The van der Waals surface area contributed by atoms with Gasteiger partial charge in [-0.25, -0.2) is 0 Å². The minimum absolute atomic E-state index is 0.110. The first-order valence-electron chi connectivity index (χ1n) is 5.44. The number of nitrogens with one attached hydrogen (secondary N) is 1. The summed E-state index contributed by atoms with van der Waals surface area (Å²) in [6, 6.07) is 5.12. The van der Waals surface area contributed by atoms with Crippen molar-refractivity contribution in [1.82, 2.24) is 0 Å². The Balaban J connectivity index is 2.55. The summed E-state index contributed by atoms with van der Waals surface area (Å²) in [6.45, 7) is 0.880. The van der Waals surface area contributed by atoms with Crippen LogP contribution in [0, 0.1) is 13.7 Å². The minimum atomic E-state index is -0.377. The first-order chi connectivity index (χ1) is 8.15. The summed E-state index contributed by atoms with van der Waals surface area (Å²) in [4.78, 5) is 10.5. The molecule has 1 aromatic rings. The molecule has 0 fully saturated rings. The van der Waals surface area contributed by atoms with E-state index in [2.05, 4.69) is 27.9 Å². The first kappa shape index (κ1) is 14.2. The molecule has 0 amide bonds. The lowest BCUT2D eigenvalue weighted by Crippen LogP contribution is -2.04. The van der Waals surface area contributed by atoms with E-state index in [0.717, 1.165) is 22.8 Å². The molecular formula is C11H15IN2O3. The van der Waals surface area contributed by atoms with Crippen LogP contribution in [0.3, 0.4) is 0 Å². The molecule has 0 heterocycles. The third kappa shape index (κ3) is 4.86. The maximum absolute atomic E-state index is 10.8. The normalized spacial score (nSPS) is 10.2. The maximum atomic E-state index is 10.8. The molecule has 0 aliphatic heterocycles. The molecule has 94 valence electrons. The van der Waals surface area contributed by atoms with Crippen LogP contribution in [-0.4, -0.2) is 23.2 Å². The fraction of sp³-hybridized carbons (Fsp3) is 0.455. The number of anilines is 1. The fourth-order valence-corrected chi connectivity index (χ4v) is 1.92. The average Bonchev–Trinajstić information content (AvgIpc) is 2.30. The van der Waals surface area contributed by atoms with Gasteiger partial charge < -0.3 is 10.4 Å². The van der Waals surface area contributed by atoms with Crippen LogP contribution in [0.4, 0.5) is 11.4 Å². The van der Waals surface area contributed by atoms with Gasteiger partial charge in [0.25, 0.3) is 5.69 Å². The van der Waals surface area contributed by atoms with E-state index in [1.54, 1.807) is 12.1 Å². The number of unbranched alkanes of at least 4 members (excludes halogenated alkanes) is 2. The van der Waals surface area contributed by atoms with Crippen molar-refractivity contribution in [3.05, 3.63) is 31.9 Å². The van der Waals surface area contributed by atoms with Crippen molar-refractivity contribution >= 4 is 34.0 Å². The van der Waals surface area contributed by atoms with Crippen LogP contribution in [0.1, 0.15) is 19.3 Å². The highest BCUT2D eigenvalue weighted by Crippen LogP contribution is 2.26. The van der Waals surface area contributed by atoms with Gasteiger partial charge in [-0.1, -0.05) is 0 Å². The lowest BCUT2D eigenvalue weighted by molar-refractivity contribution is -0.384. The van der Waals surface area contributed by atoms with Gasteiger partial charge in [0.2, 0.25) is 0 Å². The Morgan fingerprint density at radius 1 is 1.35 bits per heavy atom. The third-order valence-electron chi connectivity index (χ3n) is 2.31. The van der Waals surface area contributed by atoms with E-state index in [1.165, 1.54) is 0 Å². The van der Waals surface area contributed by atoms with Crippen LogP contribution in [0.2, 0.25) is 0 Å². The predicted octanol–water partition coefficient (Wildman–Crippen LogP) is 2.77. The minimum Gasteiger partial charge on any atom is -0.396 e. The Labute approximate surface area is 114 Å². The Hall–Kier alpha value is -0.890. The molecule has 0 saturated heterocycles. The van der Waals surface area contributed by atoms with E-state index in [9.17, 15) is 10.1 Å². The molecule has 17 heavy (non-hydrogen) atoms. The molecule has 1 rings (SSSR count). The van der Waals surface area contributed by atoms with E-state index < -0.39 is 0 Å². The summed E-state index contributed by atoms with van der Waals surface area (Å²) in [5.74, 6) is 0. The summed E-state index contributed by atoms with van der Waals surface area (Å²) >= 11 is 2.05. The van der Waals surface area contributed by atoms with E-state index in [-0.39, 0.29) is 17.2 Å². The van der Waals surface area contributed by atoms with Crippen molar-refractivity contribution < 1.29 is 10.0 Å². The Bertz CT molecular complexity index is 385. The molecule has 1 aromatic carbocycles. The quantitative estimate of drug-likeness (QED) is 0.343. The number of rotatable bonds is 7. The molecule has 6 heteroatoms. The number of nitro groups is 1. The Morgan fingerprint density at radius 3 is 2.76 bits per heavy atom. The number of halogens is 1. The van der Waals surface area contributed by atoms with Gasteiger partial charge in [0.1, 0.15) is 5.69 Å². The summed E-state index contributed by atoms with van der Waals surface area (Å²) in [7, 11) is 0. The summed E-state index contributed by atoms with van der Waals surface area (Å²) in [6.07, 6.45) is 2.59. The predicted molar refractivity (Wildman–Crippen MR) is 75.2 cm³/mol. The van der Waals surface area contributed by atoms with Crippen molar-refractivity contribution in [2.24, 2.45) is 0 Å². The lowest BCUT2D eigenvalue weighted by Gasteiger charge is -2.07. The highest BCUT2D eigenvalue weighted by molar-refractivity contribution is 14.1. The zero-order valence-corrected chi connectivity index (χ0v) is 11.5. The zero-order valence-electron chi connectivity index (χ0n) is 9.36. The molecule has 0 saturated carbocycles. The van der Waals surface area contributed by atoms with Crippen LogP contribution in [0.25, 0.3) is 0 Å². The van der Waals surface area contributed by atoms with Gasteiger partial charge in [0.15, 0.2) is 0 Å². The maximum Gasteiger partial charge on any atom is 0.293 e. The zero-order chi connectivity index (χ0) is 12.7. The van der Waals surface area contributed by atoms with Crippen LogP contribution in [0.15, 0.2) is 18.2 Å². The average molecular weight is 350 g/mol. The highest BCUT2D eigenvalue weighted by Gasteiger charge is 2.13. The van der Waals surface area contributed by atoms with Crippen molar-refractivity contribution in [2.45, 2.75) is 19.3 Å². The third-order valence-corrected chi connectivity index (χ3v) is 2.98. The molecule has 5 nitrogen and oxygen atoms in total. The van der Waals surface area contributed by atoms with Crippen LogP contribution in [-0.2, 0) is 0 Å². The van der Waals surface area contributed by atoms with Crippen LogP contribution < -0.4 is 5.32 Å². The smallest absolute Gasteiger partial charge is 0.293 e. The van der Waals surface area contributed by atoms with Crippen molar-refractivity contribution in [3.8, 4) is 0 Å². The summed E-state index contributed by atoms with van der Waals surface area (Å²) in [5.41, 5.74) is 0.665. The van der Waals surface area contributed by atoms with Crippen molar-refractivity contribution in [1.29, 1.82) is 0 Å². The van der Waals surface area contributed by atoms with E-state index in [1.807, 2.05) is 6.07 Å². The number of aliphatic hydroxyl groups excluding tert-OH is 1. The van der Waals surface area contributed by atoms with Gasteiger partial charge in [-0.3, -0.25) is 10.1 Å². The Morgan fingerprint density at radius 2 is 2.12 bits per heavy atom. The van der Waals surface area contributed by atoms with Crippen molar-refractivity contribution in [3.63, 3.8) is 0 Å². The second kappa shape index (κ2) is 7.44. The van der Waals surface area contributed by atoms with Gasteiger partial charge in [0, 0.05) is 22.8 Å². The first-order valence-corrected chi connectivity index (χ1v) is 6.51. The van der Waals surface area contributed by atoms with Gasteiger partial charge in [-0.15, -0.1) is 0 Å². The molecule has 0 aliphatic rings. The lowest BCUT2D eigenvalue weighted by atomic mass is 10.2. The molecule has 0 atom stereocenters. The van der Waals surface area contributed by atoms with E-state index in [4.69, 9.17) is 5.11 Å². The van der Waals surface area contributed by atoms with Crippen LogP contribution >= 0.6 is 22.6 Å². The second-order valence-corrected chi connectivity index (χ2v) is 4.88. The Kier molecular flexibility index (Phi) is 6.20. The largest absolute Gasteiger partial charge is 0.396 e. The van der Waals surface area contributed by atoms with Crippen LogP contribution in [0.5, 0.6) is 0 Å². The molecule has 2 N–H and O–H groups in total. The van der Waals surface area contributed by atoms with Gasteiger partial charge in [0.05, 0.1) is 4.92 Å². The van der Waals surface area contributed by atoms with Gasteiger partial charge in [-0.2, -0.15) is 0 Å². The highest BCUT2D eigenvalue weighted by atomic mass is 127. The summed E-state index contributed by atoms with van der Waals surface area (Å²) in [5, 5.41) is 22.5. The molecule has 0 aromatic heterocycles. The topological polar surface area (TPSA) is 75.4 Å². The molecule has 0 spiro atoms. The summed E-state index contributed by atoms with van der Waals surface area (Å²) < 4.78 is 0.847. The number of aliphatic hydroxyl groups is 1. The van der Waals surface area contributed by atoms with Gasteiger partial charge in [-0.05, 0) is 54.0 Å². The SMILES string of the molecule is O=[N+]([O-])c1cc(I)ccc1NCCCCCO. The molecule has 0 aliphatic carbocycles. The molecule has 0 bridgehead atoms. The molecule has 0 unspecified atom stereocenters. The number of hydrogen-bond donors (Lipinski definition) is 2. The van der Waals surface area contributed by atoms with E-state index >= 15 is 0 Å². The molecular weight excluding hydrogens is 335 g/mol.